The van der Waals surface area contributed by atoms with Gasteiger partial charge in [-0.05, 0) is 24.6 Å². The van der Waals surface area contributed by atoms with Gasteiger partial charge >= 0.3 is 0 Å². The van der Waals surface area contributed by atoms with Crippen molar-refractivity contribution in [1.29, 1.82) is 0 Å². The molecule has 1 fully saturated rings. The zero-order valence-corrected chi connectivity index (χ0v) is 14.0. The number of benzene rings is 1. The molecule has 4 nitrogen and oxygen atoms in total. The van der Waals surface area contributed by atoms with Crippen LogP contribution in [0.2, 0.25) is 0 Å². The monoisotopic (exact) mass is 334 g/mol. The summed E-state index contributed by atoms with van der Waals surface area (Å²) in [7, 11) is 1.57. The summed E-state index contributed by atoms with van der Waals surface area (Å²) in [6.45, 7) is 2.64. The molecule has 1 aromatic heterocycles. The molecule has 2 aromatic rings. The number of halogens is 1. The largest absolute Gasteiger partial charge is 0.497 e. The molecular formula is C17H19FN2O2S. The number of amides is 1. The van der Waals surface area contributed by atoms with Gasteiger partial charge in [0.2, 0.25) is 0 Å². The molecule has 0 saturated carbocycles. The second kappa shape index (κ2) is 6.28. The third-order valence-corrected chi connectivity index (χ3v) is 5.29. The molecule has 0 N–H and O–H groups in total. The first kappa shape index (κ1) is 15.9. The molecule has 1 aliphatic rings. The van der Waals surface area contributed by atoms with Crippen LogP contribution in [0, 0.1) is 6.92 Å². The molecule has 0 aliphatic carbocycles. The van der Waals surface area contributed by atoms with E-state index < -0.39 is 5.67 Å². The summed E-state index contributed by atoms with van der Waals surface area (Å²) >= 11 is 1.34. The number of hydrogen-bond donors (Lipinski definition) is 0. The van der Waals surface area contributed by atoms with Gasteiger partial charge in [0.1, 0.15) is 16.3 Å². The van der Waals surface area contributed by atoms with E-state index in [1.54, 1.807) is 41.8 Å². The van der Waals surface area contributed by atoms with Gasteiger partial charge in [-0.3, -0.25) is 4.79 Å². The average molecular weight is 334 g/mol. The maximum Gasteiger partial charge on any atom is 0.265 e. The number of ether oxygens (including phenoxy) is 1. The third kappa shape index (κ3) is 3.08. The highest BCUT2D eigenvalue weighted by Crippen LogP contribution is 2.38. The number of methoxy groups -OCH3 is 1. The zero-order valence-electron chi connectivity index (χ0n) is 13.2. The first-order chi connectivity index (χ1) is 11.0. The minimum absolute atomic E-state index is 0.0438. The number of piperidine rings is 1. The Labute approximate surface area is 138 Å². The van der Waals surface area contributed by atoms with Gasteiger partial charge in [0.15, 0.2) is 0 Å². The molecule has 1 amide bonds. The Balaban J connectivity index is 1.72. The number of rotatable bonds is 3. The molecule has 0 atom stereocenters. The van der Waals surface area contributed by atoms with Gasteiger partial charge in [-0.25, -0.2) is 9.37 Å². The topological polar surface area (TPSA) is 42.4 Å². The molecule has 122 valence electrons. The van der Waals surface area contributed by atoms with E-state index in [1.165, 1.54) is 11.3 Å². The number of carbonyl (C=O) groups is 1. The fraction of sp³-hybridized carbons (Fsp3) is 0.412. The normalized spacial score (nSPS) is 17.1. The minimum atomic E-state index is -1.41. The van der Waals surface area contributed by atoms with Crippen LogP contribution in [0.15, 0.2) is 29.8 Å². The Kier molecular flexibility index (Phi) is 4.35. The first-order valence-corrected chi connectivity index (χ1v) is 8.44. The van der Waals surface area contributed by atoms with Crippen molar-refractivity contribution in [2.24, 2.45) is 0 Å². The lowest BCUT2D eigenvalue weighted by Gasteiger charge is -2.36. The minimum Gasteiger partial charge on any atom is -0.497 e. The highest BCUT2D eigenvalue weighted by molar-refractivity contribution is 7.11. The van der Waals surface area contributed by atoms with Gasteiger partial charge in [0.05, 0.1) is 18.3 Å². The fourth-order valence-electron chi connectivity index (χ4n) is 2.91. The van der Waals surface area contributed by atoms with Crippen molar-refractivity contribution in [2.75, 3.05) is 20.2 Å². The average Bonchev–Trinajstić information content (AvgIpc) is 3.01. The van der Waals surface area contributed by atoms with E-state index in [-0.39, 0.29) is 5.91 Å². The number of aromatic nitrogens is 1. The Morgan fingerprint density at radius 3 is 2.74 bits per heavy atom. The highest BCUT2D eigenvalue weighted by Gasteiger charge is 2.38. The number of alkyl halides is 1. The molecule has 0 spiro atoms. The Hall–Kier alpha value is -1.95. The van der Waals surface area contributed by atoms with Crippen molar-refractivity contribution >= 4 is 17.2 Å². The molecule has 0 bridgehead atoms. The Morgan fingerprint density at radius 2 is 2.13 bits per heavy atom. The molecule has 0 radical (unpaired) electrons. The van der Waals surface area contributed by atoms with Crippen molar-refractivity contribution in [3.63, 3.8) is 0 Å². The smallest absolute Gasteiger partial charge is 0.265 e. The molecule has 23 heavy (non-hydrogen) atoms. The number of thiazole rings is 1. The van der Waals surface area contributed by atoms with Crippen molar-refractivity contribution < 1.29 is 13.9 Å². The lowest BCUT2D eigenvalue weighted by atomic mass is 9.86. The standard InChI is InChI=1S/C17H19FN2O2S/c1-12-15(23-11-19-12)16(21)20-8-6-17(18,7-9-20)13-4-3-5-14(10-13)22-2/h3-5,10-11H,6-9H2,1-2H3. The van der Waals surface area contributed by atoms with Crippen LogP contribution in [0.5, 0.6) is 5.75 Å². The molecule has 1 aliphatic heterocycles. The molecule has 2 heterocycles. The van der Waals surface area contributed by atoms with Crippen molar-refractivity contribution in [1.82, 2.24) is 9.88 Å². The summed E-state index contributed by atoms with van der Waals surface area (Å²) in [6, 6.07) is 7.13. The van der Waals surface area contributed by atoms with Crippen molar-refractivity contribution in [3.05, 3.63) is 45.9 Å². The predicted octanol–water partition coefficient (Wildman–Crippen LogP) is 3.56. The van der Waals surface area contributed by atoms with E-state index in [0.717, 1.165) is 5.69 Å². The lowest BCUT2D eigenvalue weighted by molar-refractivity contribution is 0.0423. The molecular weight excluding hydrogens is 315 g/mol. The van der Waals surface area contributed by atoms with Crippen molar-refractivity contribution in [2.45, 2.75) is 25.4 Å². The summed E-state index contributed by atoms with van der Waals surface area (Å²) in [5.41, 5.74) is 1.62. The molecule has 3 rings (SSSR count). The van der Waals surface area contributed by atoms with Crippen LogP contribution in [-0.4, -0.2) is 36.0 Å². The number of likely N-dealkylation sites (tertiary alicyclic amines) is 1. The SMILES string of the molecule is COc1cccc(C2(F)CCN(C(=O)c3scnc3C)CC2)c1. The lowest BCUT2D eigenvalue weighted by Crippen LogP contribution is -2.43. The number of aryl methyl sites for hydroxylation is 1. The van der Waals surface area contributed by atoms with E-state index >= 15 is 4.39 Å². The van der Waals surface area contributed by atoms with E-state index in [4.69, 9.17) is 4.74 Å². The van der Waals surface area contributed by atoms with E-state index in [1.807, 2.05) is 6.92 Å². The summed E-state index contributed by atoms with van der Waals surface area (Å²) in [4.78, 5) is 19.0. The van der Waals surface area contributed by atoms with Crippen molar-refractivity contribution in [3.8, 4) is 5.75 Å². The molecule has 0 unspecified atom stereocenters. The van der Waals surface area contributed by atoms with Crippen LogP contribution < -0.4 is 4.74 Å². The molecule has 1 aromatic carbocycles. The zero-order chi connectivity index (χ0) is 16.4. The Morgan fingerprint density at radius 1 is 1.39 bits per heavy atom. The van der Waals surface area contributed by atoms with Crippen LogP contribution in [0.25, 0.3) is 0 Å². The fourth-order valence-corrected chi connectivity index (χ4v) is 3.67. The van der Waals surface area contributed by atoms with Crippen LogP contribution in [0.1, 0.15) is 33.8 Å². The van der Waals surface area contributed by atoms with Crippen LogP contribution >= 0.6 is 11.3 Å². The summed E-state index contributed by atoms with van der Waals surface area (Å²) in [6.07, 6.45) is 0.591. The second-order valence-corrected chi connectivity index (χ2v) is 6.61. The van der Waals surface area contributed by atoms with E-state index in [0.29, 0.717) is 42.1 Å². The third-order valence-electron chi connectivity index (χ3n) is 4.37. The molecule has 6 heteroatoms. The van der Waals surface area contributed by atoms with Gasteiger partial charge < -0.3 is 9.64 Å². The number of carbonyl (C=O) groups excluding carboxylic acids is 1. The van der Waals surface area contributed by atoms with Crippen LogP contribution in [0.3, 0.4) is 0 Å². The van der Waals surface area contributed by atoms with Gasteiger partial charge in [-0.1, -0.05) is 12.1 Å². The Bertz CT molecular complexity index is 708. The number of nitrogens with zero attached hydrogens (tertiary/aromatic N) is 2. The summed E-state index contributed by atoms with van der Waals surface area (Å²) < 4.78 is 20.5. The van der Waals surface area contributed by atoms with E-state index in [9.17, 15) is 4.79 Å². The van der Waals surface area contributed by atoms with Gasteiger partial charge in [0, 0.05) is 25.9 Å². The maximum absolute atomic E-state index is 15.3. The predicted molar refractivity (Wildman–Crippen MR) is 87.8 cm³/mol. The van der Waals surface area contributed by atoms with Crippen LogP contribution in [0.4, 0.5) is 4.39 Å². The highest BCUT2D eigenvalue weighted by atomic mass is 32.1. The summed E-state index contributed by atoms with van der Waals surface area (Å²) in [5.74, 6) is 0.607. The van der Waals surface area contributed by atoms with Crippen LogP contribution in [-0.2, 0) is 5.67 Å². The van der Waals surface area contributed by atoms with E-state index in [2.05, 4.69) is 4.98 Å². The van der Waals surface area contributed by atoms with Gasteiger partial charge in [-0.15, -0.1) is 11.3 Å². The maximum atomic E-state index is 15.3. The second-order valence-electron chi connectivity index (χ2n) is 5.76. The first-order valence-electron chi connectivity index (χ1n) is 7.56. The van der Waals surface area contributed by atoms with Gasteiger partial charge in [0.25, 0.3) is 5.91 Å². The quantitative estimate of drug-likeness (QED) is 0.862. The molecule has 1 saturated heterocycles. The number of hydrogen-bond acceptors (Lipinski definition) is 4. The van der Waals surface area contributed by atoms with Gasteiger partial charge in [-0.2, -0.15) is 0 Å². The summed E-state index contributed by atoms with van der Waals surface area (Å²) in [5, 5.41) is 0.